The SMILES string of the molecule is CC/C=C\C/C=C\C/C=C\CCCCCC(=O)OC(COC(=O)CCCCCCCCCCCCCCCCCCCCC/C=C\CCCCCCCCCC)COP(=O)(O)OCC[N+](C)(C)C. The van der Waals surface area contributed by atoms with Crippen LogP contribution in [0.1, 0.15) is 258 Å². The zero-order chi connectivity index (χ0) is 49.9. The maximum Gasteiger partial charge on any atom is 0.472 e. The molecule has 0 spiro atoms. The predicted molar refractivity (Wildman–Crippen MR) is 289 cm³/mol. The normalized spacial score (nSPS) is 13.7. The summed E-state index contributed by atoms with van der Waals surface area (Å²) >= 11 is 0. The number of likely N-dealkylation sites (N-methyl/N-ethyl adjacent to an activating group) is 1. The maximum atomic E-state index is 12.7. The lowest BCUT2D eigenvalue weighted by Gasteiger charge is -2.24. The molecule has 0 aromatic carbocycles. The second kappa shape index (κ2) is 49.9. The number of esters is 2. The van der Waals surface area contributed by atoms with E-state index in [9.17, 15) is 19.0 Å². The van der Waals surface area contributed by atoms with Gasteiger partial charge in [-0.15, -0.1) is 0 Å². The van der Waals surface area contributed by atoms with Crippen LogP contribution in [0.2, 0.25) is 0 Å². The molecule has 0 saturated carbocycles. The molecule has 398 valence electrons. The molecule has 0 amide bonds. The Bertz CT molecular complexity index is 1290. The molecular formula is C58H109NO8P+. The van der Waals surface area contributed by atoms with Gasteiger partial charge < -0.3 is 18.9 Å². The molecule has 0 aromatic heterocycles. The second-order valence-electron chi connectivity index (χ2n) is 20.3. The molecule has 9 nitrogen and oxygen atoms in total. The summed E-state index contributed by atoms with van der Waals surface area (Å²) in [4.78, 5) is 35.5. The fraction of sp³-hybridized carbons (Fsp3) is 0.828. The number of hydrogen-bond donors (Lipinski definition) is 1. The minimum atomic E-state index is -4.39. The number of unbranched alkanes of at least 4 members (excludes halogenated alkanes) is 30. The standard InChI is InChI=1S/C58H108NO8P/c1-6-8-10-12-14-16-18-20-21-22-23-24-25-26-27-28-29-30-31-32-33-34-35-36-37-39-40-42-44-46-48-50-57(60)64-54-56(55-66-68(62,63)65-53-52-59(3,4)5)67-58(61)51-49-47-45-43-41-38-19-17-15-13-11-9-7-2/h9,11,15,17,22-23,38,41,56H,6-8,10,12-14,16,18-21,24-37,39-40,42-55H2,1-5H3/p+1/b11-9-,17-15-,23-22-,41-38-. The zero-order valence-corrected chi connectivity index (χ0v) is 46.0. The third-order valence-corrected chi connectivity index (χ3v) is 13.3. The summed E-state index contributed by atoms with van der Waals surface area (Å²) in [5.41, 5.74) is 0. The Balaban J connectivity index is 4.01. The summed E-state index contributed by atoms with van der Waals surface area (Å²) in [7, 11) is 1.46. The molecule has 0 saturated heterocycles. The molecule has 2 atom stereocenters. The van der Waals surface area contributed by atoms with Crippen LogP contribution in [0.15, 0.2) is 48.6 Å². The van der Waals surface area contributed by atoms with Crippen molar-refractivity contribution in [2.24, 2.45) is 0 Å². The van der Waals surface area contributed by atoms with Crippen molar-refractivity contribution in [3.63, 3.8) is 0 Å². The van der Waals surface area contributed by atoms with E-state index < -0.39 is 26.5 Å². The molecular weight excluding hydrogens is 870 g/mol. The number of hydrogen-bond acceptors (Lipinski definition) is 7. The third-order valence-electron chi connectivity index (χ3n) is 12.3. The summed E-state index contributed by atoms with van der Waals surface area (Å²) in [6, 6.07) is 0. The van der Waals surface area contributed by atoms with Gasteiger partial charge in [-0.1, -0.05) is 223 Å². The van der Waals surface area contributed by atoms with Gasteiger partial charge in [0.05, 0.1) is 27.7 Å². The predicted octanol–water partition coefficient (Wildman–Crippen LogP) is 17.4. The minimum Gasteiger partial charge on any atom is -0.462 e. The van der Waals surface area contributed by atoms with E-state index in [1.165, 1.54) is 167 Å². The van der Waals surface area contributed by atoms with Crippen LogP contribution < -0.4 is 0 Å². The number of rotatable bonds is 52. The number of quaternary nitrogens is 1. The minimum absolute atomic E-state index is 0.0257. The average molecular weight is 979 g/mol. The van der Waals surface area contributed by atoms with Crippen molar-refractivity contribution < 1.29 is 42.1 Å². The number of phosphoric acid groups is 1. The van der Waals surface area contributed by atoms with Crippen LogP contribution in [0.25, 0.3) is 0 Å². The Morgan fingerprint density at radius 2 is 0.838 bits per heavy atom. The van der Waals surface area contributed by atoms with Crippen LogP contribution in [0, 0.1) is 0 Å². The zero-order valence-electron chi connectivity index (χ0n) is 45.1. The van der Waals surface area contributed by atoms with E-state index in [0.29, 0.717) is 17.4 Å². The molecule has 10 heteroatoms. The van der Waals surface area contributed by atoms with E-state index in [1.54, 1.807) is 0 Å². The van der Waals surface area contributed by atoms with Gasteiger partial charge in [0.15, 0.2) is 6.10 Å². The van der Waals surface area contributed by atoms with E-state index in [4.69, 9.17) is 18.5 Å². The number of carbonyl (C=O) groups is 2. The summed E-state index contributed by atoms with van der Waals surface area (Å²) in [6.07, 6.45) is 62.1. The summed E-state index contributed by atoms with van der Waals surface area (Å²) in [6.45, 7) is 4.30. The van der Waals surface area contributed by atoms with Crippen molar-refractivity contribution in [2.75, 3.05) is 47.5 Å². The third kappa shape index (κ3) is 53.3. The van der Waals surface area contributed by atoms with Crippen LogP contribution in [-0.4, -0.2) is 74.9 Å². The lowest BCUT2D eigenvalue weighted by Crippen LogP contribution is -2.37. The topological polar surface area (TPSA) is 108 Å². The molecule has 0 aliphatic heterocycles. The van der Waals surface area contributed by atoms with Gasteiger partial charge in [0.2, 0.25) is 0 Å². The summed E-state index contributed by atoms with van der Waals surface area (Å²) < 4.78 is 34.4. The monoisotopic (exact) mass is 979 g/mol. The molecule has 0 rings (SSSR count). The van der Waals surface area contributed by atoms with Gasteiger partial charge in [-0.2, -0.15) is 0 Å². The van der Waals surface area contributed by atoms with Gasteiger partial charge >= 0.3 is 19.8 Å². The first-order chi connectivity index (χ1) is 33.0. The highest BCUT2D eigenvalue weighted by atomic mass is 31.2. The van der Waals surface area contributed by atoms with Crippen molar-refractivity contribution in [1.29, 1.82) is 0 Å². The molecule has 68 heavy (non-hydrogen) atoms. The molecule has 1 N–H and O–H groups in total. The van der Waals surface area contributed by atoms with Crippen molar-refractivity contribution in [3.8, 4) is 0 Å². The Kier molecular flexibility index (Phi) is 48.4. The first kappa shape index (κ1) is 66.0. The molecule has 0 fully saturated rings. The van der Waals surface area contributed by atoms with Gasteiger partial charge in [0, 0.05) is 12.8 Å². The van der Waals surface area contributed by atoms with Gasteiger partial charge in [-0.3, -0.25) is 18.6 Å². The van der Waals surface area contributed by atoms with Crippen LogP contribution in [-0.2, 0) is 32.7 Å². The van der Waals surface area contributed by atoms with Crippen LogP contribution in [0.4, 0.5) is 0 Å². The Morgan fingerprint density at radius 1 is 0.471 bits per heavy atom. The summed E-state index contributed by atoms with van der Waals surface area (Å²) in [5.74, 6) is -0.825. The van der Waals surface area contributed by atoms with Crippen LogP contribution in [0.3, 0.4) is 0 Å². The number of phosphoric ester groups is 1. The van der Waals surface area contributed by atoms with Gasteiger partial charge in [-0.05, 0) is 70.6 Å². The average Bonchev–Trinajstić information content (AvgIpc) is 3.30. The highest BCUT2D eigenvalue weighted by Gasteiger charge is 2.27. The lowest BCUT2D eigenvalue weighted by molar-refractivity contribution is -0.870. The number of ether oxygens (including phenoxy) is 2. The molecule has 0 radical (unpaired) electrons. The number of carbonyl (C=O) groups excluding carboxylic acids is 2. The van der Waals surface area contributed by atoms with Crippen LogP contribution >= 0.6 is 7.82 Å². The van der Waals surface area contributed by atoms with E-state index in [1.807, 2.05) is 21.1 Å². The van der Waals surface area contributed by atoms with Crippen molar-refractivity contribution in [2.45, 2.75) is 264 Å². The Morgan fingerprint density at radius 3 is 1.28 bits per heavy atom. The van der Waals surface area contributed by atoms with Crippen LogP contribution in [0.5, 0.6) is 0 Å². The van der Waals surface area contributed by atoms with E-state index in [2.05, 4.69) is 62.5 Å². The van der Waals surface area contributed by atoms with E-state index >= 15 is 0 Å². The Labute approximate surface area is 420 Å². The largest absolute Gasteiger partial charge is 0.472 e. The van der Waals surface area contributed by atoms with E-state index in [-0.39, 0.29) is 32.0 Å². The second-order valence-corrected chi connectivity index (χ2v) is 21.7. The first-order valence-corrected chi connectivity index (χ1v) is 29.9. The number of nitrogens with zero attached hydrogens (tertiary/aromatic N) is 1. The molecule has 0 aliphatic carbocycles. The highest BCUT2D eigenvalue weighted by molar-refractivity contribution is 7.47. The van der Waals surface area contributed by atoms with Gasteiger partial charge in [0.25, 0.3) is 0 Å². The lowest BCUT2D eigenvalue weighted by atomic mass is 10.0. The quantitative estimate of drug-likeness (QED) is 0.0211. The fourth-order valence-electron chi connectivity index (χ4n) is 7.97. The molecule has 0 aromatic rings. The molecule has 0 aliphatic rings. The Hall–Kier alpha value is -2.03. The van der Waals surface area contributed by atoms with Gasteiger partial charge in [0.1, 0.15) is 19.8 Å². The first-order valence-electron chi connectivity index (χ1n) is 28.4. The fourth-order valence-corrected chi connectivity index (χ4v) is 8.71. The van der Waals surface area contributed by atoms with Crippen molar-refractivity contribution in [1.82, 2.24) is 0 Å². The van der Waals surface area contributed by atoms with Gasteiger partial charge in [-0.25, -0.2) is 4.57 Å². The maximum absolute atomic E-state index is 12.7. The molecule has 0 heterocycles. The smallest absolute Gasteiger partial charge is 0.462 e. The number of allylic oxidation sites excluding steroid dienone is 8. The summed E-state index contributed by atoms with van der Waals surface area (Å²) in [5, 5.41) is 0. The molecule has 0 bridgehead atoms. The molecule has 2 unspecified atom stereocenters. The van der Waals surface area contributed by atoms with Crippen molar-refractivity contribution >= 4 is 19.8 Å². The van der Waals surface area contributed by atoms with Crippen molar-refractivity contribution in [3.05, 3.63) is 48.6 Å². The van der Waals surface area contributed by atoms with E-state index in [0.717, 1.165) is 57.8 Å². The highest BCUT2D eigenvalue weighted by Crippen LogP contribution is 2.43.